The number of alkyl halides is 3. The molecule has 1 aromatic carbocycles. The highest BCUT2D eigenvalue weighted by Gasteiger charge is 2.40. The van der Waals surface area contributed by atoms with Crippen LogP contribution in [0.15, 0.2) is 36.5 Å². The lowest BCUT2D eigenvalue weighted by Gasteiger charge is -2.30. The molecule has 1 unspecified atom stereocenters. The van der Waals surface area contributed by atoms with E-state index in [1.807, 2.05) is 6.08 Å². The van der Waals surface area contributed by atoms with Crippen LogP contribution in [0.5, 0.6) is 5.75 Å². The highest BCUT2D eigenvalue weighted by Crippen LogP contribution is 2.38. The largest absolute Gasteiger partial charge is 0.573 e. The summed E-state index contributed by atoms with van der Waals surface area (Å²) in [6, 6.07) is 4.34. The molecule has 3 rings (SSSR count). The lowest BCUT2D eigenvalue weighted by atomic mass is 9.96. The zero-order valence-electron chi connectivity index (χ0n) is 12.8. The van der Waals surface area contributed by atoms with Gasteiger partial charge in [0.05, 0.1) is 0 Å². The molecular weight excluding hydrogens is 323 g/mol. The van der Waals surface area contributed by atoms with Crippen molar-refractivity contribution < 1.29 is 27.5 Å². The third-order valence-electron chi connectivity index (χ3n) is 4.04. The topological polar surface area (TPSA) is 46.6 Å². The number of carbonyl (C=O) groups excluding carboxylic acids is 2. The minimum absolute atomic E-state index is 0.0700. The molecule has 0 spiro atoms. The van der Waals surface area contributed by atoms with E-state index in [4.69, 9.17) is 0 Å². The zero-order chi connectivity index (χ0) is 17.3. The van der Waals surface area contributed by atoms with E-state index in [-0.39, 0.29) is 23.4 Å². The third-order valence-corrected chi connectivity index (χ3v) is 4.04. The Kier molecular flexibility index (Phi) is 4.34. The number of Topliss-reactive ketones (excluding diaryl/α,β-unsaturated/α-hetero) is 1. The van der Waals surface area contributed by atoms with E-state index in [9.17, 15) is 22.8 Å². The second-order valence-electron chi connectivity index (χ2n) is 5.92. The quantitative estimate of drug-likeness (QED) is 0.821. The Bertz CT molecular complexity index is 663. The molecule has 2 aliphatic rings. The first kappa shape index (κ1) is 16.5. The Labute approximate surface area is 136 Å². The van der Waals surface area contributed by atoms with E-state index < -0.39 is 12.4 Å². The molecule has 0 N–H and O–H groups in total. The van der Waals surface area contributed by atoms with Crippen LogP contribution in [0.25, 0.3) is 0 Å². The van der Waals surface area contributed by atoms with Crippen LogP contribution in [0, 0.1) is 5.92 Å². The predicted molar refractivity (Wildman–Crippen MR) is 78.8 cm³/mol. The van der Waals surface area contributed by atoms with Gasteiger partial charge in [-0.1, -0.05) is 18.2 Å². The number of benzene rings is 1. The van der Waals surface area contributed by atoms with Crippen LogP contribution < -0.4 is 4.74 Å². The highest BCUT2D eigenvalue weighted by atomic mass is 19.4. The van der Waals surface area contributed by atoms with Crippen LogP contribution in [0.2, 0.25) is 0 Å². The van der Waals surface area contributed by atoms with Crippen LogP contribution in [-0.4, -0.2) is 23.0 Å². The second kappa shape index (κ2) is 6.30. The summed E-state index contributed by atoms with van der Waals surface area (Å²) < 4.78 is 40.6. The Hall–Kier alpha value is -2.31. The van der Waals surface area contributed by atoms with Gasteiger partial charge in [-0.25, -0.2) is 0 Å². The number of hydrogen-bond donors (Lipinski definition) is 0. The molecular formula is C17H16F3NO3. The summed E-state index contributed by atoms with van der Waals surface area (Å²) in [6.45, 7) is 0. The molecule has 1 fully saturated rings. The first-order valence-electron chi connectivity index (χ1n) is 7.72. The van der Waals surface area contributed by atoms with Crippen molar-refractivity contribution in [3.8, 4) is 5.75 Å². The fourth-order valence-corrected chi connectivity index (χ4v) is 2.74. The van der Waals surface area contributed by atoms with Gasteiger partial charge >= 0.3 is 6.36 Å². The number of nitrogens with zero attached hydrogens (tertiary/aromatic N) is 1. The van der Waals surface area contributed by atoms with Gasteiger partial charge in [0, 0.05) is 18.5 Å². The molecule has 128 valence electrons. The number of rotatable bonds is 5. The second-order valence-corrected chi connectivity index (χ2v) is 5.92. The van der Waals surface area contributed by atoms with Gasteiger partial charge in [-0.15, -0.1) is 13.2 Å². The van der Waals surface area contributed by atoms with E-state index in [0.29, 0.717) is 18.4 Å². The number of ketones is 1. The van der Waals surface area contributed by atoms with E-state index in [2.05, 4.69) is 4.74 Å². The molecule has 1 heterocycles. The molecule has 7 heteroatoms. The van der Waals surface area contributed by atoms with Crippen LogP contribution in [0.1, 0.15) is 37.3 Å². The van der Waals surface area contributed by atoms with Crippen molar-refractivity contribution in [2.45, 2.75) is 38.1 Å². The maximum atomic E-state index is 12.6. The van der Waals surface area contributed by atoms with Crippen LogP contribution in [-0.2, 0) is 9.59 Å². The van der Waals surface area contributed by atoms with Crippen LogP contribution >= 0.6 is 0 Å². The first-order valence-corrected chi connectivity index (χ1v) is 7.72. The van der Waals surface area contributed by atoms with Crippen molar-refractivity contribution in [2.24, 2.45) is 5.92 Å². The van der Waals surface area contributed by atoms with E-state index in [1.165, 1.54) is 17.0 Å². The molecule has 0 aromatic heterocycles. The number of allylic oxidation sites excluding steroid dienone is 1. The van der Waals surface area contributed by atoms with Crippen LogP contribution in [0.3, 0.4) is 0 Å². The van der Waals surface area contributed by atoms with Gasteiger partial charge in [-0.2, -0.15) is 0 Å². The highest BCUT2D eigenvalue weighted by molar-refractivity contribution is 5.93. The first-order chi connectivity index (χ1) is 11.3. The molecule has 1 saturated carbocycles. The standard InChI is InChI=1S/C17H16F3NO3/c18-17(19,20)24-13-8-6-11(7-9-13)15(16(23)12-4-5-12)21-10-2-1-3-14(21)22/h2,6-10,12,15H,1,3-5H2. The summed E-state index contributed by atoms with van der Waals surface area (Å²) in [5, 5.41) is 0. The molecule has 0 radical (unpaired) electrons. The summed E-state index contributed by atoms with van der Waals surface area (Å²) in [4.78, 5) is 26.2. The maximum Gasteiger partial charge on any atom is 0.573 e. The summed E-state index contributed by atoms with van der Waals surface area (Å²) in [7, 11) is 0. The average Bonchev–Trinajstić information content (AvgIpc) is 3.34. The summed E-state index contributed by atoms with van der Waals surface area (Å²) in [5.74, 6) is -0.667. The van der Waals surface area contributed by atoms with Crippen molar-refractivity contribution >= 4 is 11.7 Å². The Morgan fingerprint density at radius 2 is 1.88 bits per heavy atom. The van der Waals surface area contributed by atoms with Gasteiger partial charge in [-0.05, 0) is 37.0 Å². The molecule has 4 nitrogen and oxygen atoms in total. The third kappa shape index (κ3) is 3.77. The minimum Gasteiger partial charge on any atom is -0.406 e. The van der Waals surface area contributed by atoms with Gasteiger partial charge in [0.2, 0.25) is 5.91 Å². The lowest BCUT2D eigenvalue weighted by Crippen LogP contribution is -2.37. The van der Waals surface area contributed by atoms with Crippen molar-refractivity contribution in [3.05, 3.63) is 42.1 Å². The van der Waals surface area contributed by atoms with Gasteiger partial charge < -0.3 is 9.64 Å². The van der Waals surface area contributed by atoms with Gasteiger partial charge in [0.15, 0.2) is 5.78 Å². The maximum absolute atomic E-state index is 12.6. The Balaban J connectivity index is 1.87. The molecule has 0 saturated heterocycles. The Morgan fingerprint density at radius 3 is 2.42 bits per heavy atom. The SMILES string of the molecule is O=C(C1CC1)C(c1ccc(OC(F)(F)F)cc1)N1C=CCCC1=O. The van der Waals surface area contributed by atoms with E-state index in [1.54, 1.807) is 6.20 Å². The van der Waals surface area contributed by atoms with Gasteiger partial charge in [0.25, 0.3) is 0 Å². The Morgan fingerprint density at radius 1 is 1.21 bits per heavy atom. The summed E-state index contributed by atoms with van der Waals surface area (Å²) in [6.07, 6.45) is 1.16. The molecule has 1 amide bonds. The van der Waals surface area contributed by atoms with Crippen molar-refractivity contribution in [1.29, 1.82) is 0 Å². The smallest absolute Gasteiger partial charge is 0.406 e. The molecule has 0 bridgehead atoms. The number of amides is 1. The zero-order valence-corrected chi connectivity index (χ0v) is 12.8. The monoisotopic (exact) mass is 339 g/mol. The normalized spacial score (nSPS) is 19.3. The number of hydrogen-bond acceptors (Lipinski definition) is 3. The summed E-state index contributed by atoms with van der Waals surface area (Å²) >= 11 is 0. The van der Waals surface area contributed by atoms with Crippen LogP contribution in [0.4, 0.5) is 13.2 Å². The van der Waals surface area contributed by atoms with E-state index >= 15 is 0 Å². The average molecular weight is 339 g/mol. The number of halogens is 3. The fraction of sp³-hybridized carbons (Fsp3) is 0.412. The predicted octanol–water partition coefficient (Wildman–Crippen LogP) is 3.74. The van der Waals surface area contributed by atoms with Gasteiger partial charge in [-0.3, -0.25) is 9.59 Å². The number of carbonyl (C=O) groups is 2. The molecule has 1 aliphatic carbocycles. The molecule has 1 aliphatic heterocycles. The minimum atomic E-state index is -4.77. The lowest BCUT2D eigenvalue weighted by molar-refractivity contribution is -0.274. The molecule has 24 heavy (non-hydrogen) atoms. The van der Waals surface area contributed by atoms with Crippen molar-refractivity contribution in [1.82, 2.24) is 4.90 Å². The molecule has 1 atom stereocenters. The van der Waals surface area contributed by atoms with Crippen molar-refractivity contribution in [2.75, 3.05) is 0 Å². The van der Waals surface area contributed by atoms with E-state index in [0.717, 1.165) is 25.0 Å². The number of ether oxygens (including phenoxy) is 1. The fourth-order valence-electron chi connectivity index (χ4n) is 2.74. The van der Waals surface area contributed by atoms with Gasteiger partial charge in [0.1, 0.15) is 11.8 Å². The van der Waals surface area contributed by atoms with Crippen molar-refractivity contribution in [3.63, 3.8) is 0 Å². The molecule has 1 aromatic rings. The summed E-state index contributed by atoms with van der Waals surface area (Å²) in [5.41, 5.74) is 0.487.